The number of benzene rings is 2. The van der Waals surface area contributed by atoms with E-state index >= 15 is 0 Å². The van der Waals surface area contributed by atoms with Gasteiger partial charge in [-0.1, -0.05) is 35.3 Å². The van der Waals surface area contributed by atoms with Crippen molar-refractivity contribution in [2.24, 2.45) is 0 Å². The molecule has 1 fully saturated rings. The van der Waals surface area contributed by atoms with E-state index in [1.54, 1.807) is 29.2 Å². The number of carbonyl (C=O) groups excluding carboxylic acids is 2. The first-order chi connectivity index (χ1) is 13.0. The SMILES string of the molecule is O=C(OCC(=O)N1CCN(c2ccccc2F)CC1)c1cc(Cl)ccc1Cl. The second kappa shape index (κ2) is 8.59. The van der Waals surface area contributed by atoms with E-state index in [2.05, 4.69) is 0 Å². The zero-order chi connectivity index (χ0) is 19.4. The predicted molar refractivity (Wildman–Crippen MR) is 102 cm³/mol. The van der Waals surface area contributed by atoms with Crippen LogP contribution in [0.3, 0.4) is 0 Å². The minimum atomic E-state index is -0.708. The quantitative estimate of drug-likeness (QED) is 0.721. The molecule has 0 aliphatic carbocycles. The van der Waals surface area contributed by atoms with Crippen molar-refractivity contribution in [1.82, 2.24) is 4.90 Å². The first-order valence-corrected chi connectivity index (χ1v) is 9.10. The van der Waals surface area contributed by atoms with Gasteiger partial charge in [0.25, 0.3) is 5.91 Å². The van der Waals surface area contributed by atoms with Gasteiger partial charge in [-0.15, -0.1) is 0 Å². The maximum Gasteiger partial charge on any atom is 0.340 e. The number of amides is 1. The van der Waals surface area contributed by atoms with E-state index < -0.39 is 5.97 Å². The van der Waals surface area contributed by atoms with Gasteiger partial charge in [0, 0.05) is 31.2 Å². The van der Waals surface area contributed by atoms with Crippen LogP contribution < -0.4 is 4.90 Å². The minimum Gasteiger partial charge on any atom is -0.452 e. The highest BCUT2D eigenvalue weighted by atomic mass is 35.5. The molecule has 0 radical (unpaired) electrons. The van der Waals surface area contributed by atoms with Crippen molar-refractivity contribution in [2.45, 2.75) is 0 Å². The third kappa shape index (κ3) is 4.70. The normalized spacial score (nSPS) is 14.2. The number of anilines is 1. The monoisotopic (exact) mass is 410 g/mol. The molecule has 142 valence electrons. The molecule has 0 unspecified atom stereocenters. The second-order valence-electron chi connectivity index (χ2n) is 6.02. The van der Waals surface area contributed by atoms with Gasteiger partial charge in [0.05, 0.1) is 16.3 Å². The lowest BCUT2D eigenvalue weighted by atomic mass is 10.2. The molecular formula is C19H17Cl2FN2O3. The molecule has 27 heavy (non-hydrogen) atoms. The molecule has 1 heterocycles. The average Bonchev–Trinajstić information content (AvgIpc) is 2.68. The topological polar surface area (TPSA) is 49.9 Å². The van der Waals surface area contributed by atoms with Crippen LogP contribution in [0.15, 0.2) is 42.5 Å². The van der Waals surface area contributed by atoms with Crippen LogP contribution in [0.5, 0.6) is 0 Å². The van der Waals surface area contributed by atoms with Crippen LogP contribution in [0.1, 0.15) is 10.4 Å². The molecule has 5 nitrogen and oxygen atoms in total. The summed E-state index contributed by atoms with van der Waals surface area (Å²) in [5.74, 6) is -1.31. The Bertz CT molecular complexity index is 855. The second-order valence-corrected chi connectivity index (χ2v) is 6.86. The fourth-order valence-electron chi connectivity index (χ4n) is 2.86. The highest BCUT2D eigenvalue weighted by Crippen LogP contribution is 2.22. The molecule has 1 saturated heterocycles. The molecule has 2 aromatic rings. The number of piperazine rings is 1. The Kier molecular flexibility index (Phi) is 6.19. The summed E-state index contributed by atoms with van der Waals surface area (Å²) in [6, 6.07) is 11.0. The molecule has 2 aromatic carbocycles. The van der Waals surface area contributed by atoms with Gasteiger partial charge < -0.3 is 14.5 Å². The van der Waals surface area contributed by atoms with E-state index in [0.717, 1.165) is 0 Å². The molecule has 3 rings (SSSR count). The number of ether oxygens (including phenoxy) is 1. The molecule has 1 aliphatic heterocycles. The minimum absolute atomic E-state index is 0.112. The zero-order valence-corrected chi connectivity index (χ0v) is 15.8. The summed E-state index contributed by atoms with van der Waals surface area (Å²) in [5, 5.41) is 0.553. The number of hydrogen-bond acceptors (Lipinski definition) is 4. The summed E-state index contributed by atoms with van der Waals surface area (Å²) in [6.45, 7) is 1.45. The van der Waals surface area contributed by atoms with Gasteiger partial charge in [-0.25, -0.2) is 9.18 Å². The number of esters is 1. The fourth-order valence-corrected chi connectivity index (χ4v) is 3.22. The Balaban J connectivity index is 1.52. The smallest absolute Gasteiger partial charge is 0.340 e. The highest BCUT2D eigenvalue weighted by molar-refractivity contribution is 6.35. The molecule has 0 saturated carbocycles. The first kappa shape index (κ1) is 19.5. The third-order valence-corrected chi connectivity index (χ3v) is 4.87. The van der Waals surface area contributed by atoms with Crippen molar-refractivity contribution in [3.8, 4) is 0 Å². The van der Waals surface area contributed by atoms with E-state index in [4.69, 9.17) is 27.9 Å². The van der Waals surface area contributed by atoms with Crippen molar-refractivity contribution in [1.29, 1.82) is 0 Å². The van der Waals surface area contributed by atoms with Crippen molar-refractivity contribution < 1.29 is 18.7 Å². The molecule has 1 amide bonds. The standard InChI is InChI=1S/C19H17Cl2FN2O3/c20-13-5-6-15(21)14(11-13)19(26)27-12-18(25)24-9-7-23(8-10-24)17-4-2-1-3-16(17)22/h1-6,11H,7-10,12H2. The number of rotatable bonds is 4. The number of carbonyl (C=O) groups is 2. The van der Waals surface area contributed by atoms with E-state index in [-0.39, 0.29) is 28.9 Å². The van der Waals surface area contributed by atoms with Gasteiger partial charge in [-0.3, -0.25) is 4.79 Å². The van der Waals surface area contributed by atoms with E-state index in [1.165, 1.54) is 18.2 Å². The van der Waals surface area contributed by atoms with Crippen LogP contribution in [0.25, 0.3) is 0 Å². The number of nitrogens with zero attached hydrogens (tertiary/aromatic N) is 2. The maximum absolute atomic E-state index is 13.9. The van der Waals surface area contributed by atoms with Crippen LogP contribution >= 0.6 is 23.2 Å². The Hall–Kier alpha value is -2.31. The van der Waals surface area contributed by atoms with E-state index in [9.17, 15) is 14.0 Å². The molecule has 0 bridgehead atoms. The van der Waals surface area contributed by atoms with Crippen LogP contribution in [0.2, 0.25) is 10.0 Å². The summed E-state index contributed by atoms with van der Waals surface area (Å²) in [5.41, 5.74) is 0.632. The van der Waals surface area contributed by atoms with Crippen molar-refractivity contribution >= 4 is 40.8 Å². The van der Waals surface area contributed by atoms with E-state index in [0.29, 0.717) is 36.9 Å². The molecule has 0 atom stereocenters. The van der Waals surface area contributed by atoms with Gasteiger partial charge in [-0.05, 0) is 30.3 Å². The molecule has 0 N–H and O–H groups in total. The number of hydrogen-bond donors (Lipinski definition) is 0. The third-order valence-electron chi connectivity index (χ3n) is 4.30. The first-order valence-electron chi connectivity index (χ1n) is 8.35. The van der Waals surface area contributed by atoms with Gasteiger partial charge in [0.15, 0.2) is 6.61 Å². The summed E-state index contributed by atoms with van der Waals surface area (Å²) in [4.78, 5) is 27.9. The van der Waals surface area contributed by atoms with Gasteiger partial charge in [0.1, 0.15) is 5.82 Å². The number of halogens is 3. The maximum atomic E-state index is 13.9. The van der Waals surface area contributed by atoms with Crippen molar-refractivity contribution in [2.75, 3.05) is 37.7 Å². The summed E-state index contributed by atoms with van der Waals surface area (Å²) < 4.78 is 18.9. The average molecular weight is 411 g/mol. The summed E-state index contributed by atoms with van der Waals surface area (Å²) in [6.07, 6.45) is 0. The van der Waals surface area contributed by atoms with Crippen molar-refractivity contribution in [3.05, 3.63) is 63.9 Å². The Morgan fingerprint density at radius 2 is 1.74 bits per heavy atom. The predicted octanol–water partition coefficient (Wildman–Crippen LogP) is 3.64. The Labute approximate surface area is 166 Å². The lowest BCUT2D eigenvalue weighted by Crippen LogP contribution is -2.50. The van der Waals surface area contributed by atoms with E-state index in [1.807, 2.05) is 4.90 Å². The fraction of sp³-hybridized carbons (Fsp3) is 0.263. The lowest BCUT2D eigenvalue weighted by molar-refractivity contribution is -0.134. The Morgan fingerprint density at radius 1 is 1.04 bits per heavy atom. The highest BCUT2D eigenvalue weighted by Gasteiger charge is 2.24. The zero-order valence-electron chi connectivity index (χ0n) is 14.3. The lowest BCUT2D eigenvalue weighted by Gasteiger charge is -2.36. The van der Waals surface area contributed by atoms with Crippen LogP contribution in [0.4, 0.5) is 10.1 Å². The molecule has 8 heteroatoms. The van der Waals surface area contributed by atoms with Crippen LogP contribution in [0, 0.1) is 5.82 Å². The van der Waals surface area contributed by atoms with Gasteiger partial charge >= 0.3 is 5.97 Å². The van der Waals surface area contributed by atoms with Gasteiger partial charge in [-0.2, -0.15) is 0 Å². The van der Waals surface area contributed by atoms with Crippen LogP contribution in [-0.4, -0.2) is 49.6 Å². The van der Waals surface area contributed by atoms with Gasteiger partial charge in [0.2, 0.25) is 0 Å². The summed E-state index contributed by atoms with van der Waals surface area (Å²) >= 11 is 11.8. The number of para-hydroxylation sites is 1. The van der Waals surface area contributed by atoms with Crippen LogP contribution in [-0.2, 0) is 9.53 Å². The summed E-state index contributed by atoms with van der Waals surface area (Å²) in [7, 11) is 0. The molecule has 1 aliphatic rings. The molecule has 0 aromatic heterocycles. The van der Waals surface area contributed by atoms with Crippen molar-refractivity contribution in [3.63, 3.8) is 0 Å². The molecular weight excluding hydrogens is 394 g/mol. The Morgan fingerprint density at radius 3 is 2.44 bits per heavy atom. The molecule has 0 spiro atoms. The largest absolute Gasteiger partial charge is 0.452 e.